The average Bonchev–Trinajstić information content (AvgIpc) is 3.53. The zero-order valence-electron chi connectivity index (χ0n) is 30.3. The molecule has 1 heterocycles. The van der Waals surface area contributed by atoms with Crippen LogP contribution in [0.3, 0.4) is 0 Å². The summed E-state index contributed by atoms with van der Waals surface area (Å²) in [6.45, 7) is 0. The number of hydrogen-bond acceptors (Lipinski definition) is 2. The van der Waals surface area contributed by atoms with Crippen molar-refractivity contribution in [2.75, 3.05) is 0 Å². The fourth-order valence-corrected chi connectivity index (χ4v) is 11.5. The predicted octanol–water partition coefficient (Wildman–Crippen LogP) is 11.4. The van der Waals surface area contributed by atoms with Gasteiger partial charge in [0.15, 0.2) is 0 Å². The second-order valence-electron chi connectivity index (χ2n) is 17.1. The van der Waals surface area contributed by atoms with Crippen molar-refractivity contribution < 1.29 is 0 Å². The minimum absolute atomic E-state index is 0.503. The third kappa shape index (κ3) is 6.62. The first-order valence-electron chi connectivity index (χ1n) is 20.8. The van der Waals surface area contributed by atoms with Crippen molar-refractivity contribution in [2.24, 2.45) is 47.3 Å². The molecule has 8 aliphatic carbocycles. The van der Waals surface area contributed by atoms with Crippen molar-refractivity contribution in [3.05, 3.63) is 132 Å². The molecule has 1 N–H and O–H groups in total. The van der Waals surface area contributed by atoms with Crippen LogP contribution in [0.2, 0.25) is 0 Å². The van der Waals surface area contributed by atoms with E-state index in [2.05, 4.69) is 120 Å². The van der Waals surface area contributed by atoms with Crippen LogP contribution in [0.5, 0.6) is 0 Å². The summed E-state index contributed by atoms with van der Waals surface area (Å²) in [6, 6.07) is 1.67. The molecule has 262 valence electrons. The van der Waals surface area contributed by atoms with Gasteiger partial charge in [0.2, 0.25) is 0 Å². The standard InChI is InChI=1S/C48H60N2/c1-3-12-34(13-4-1)36-26-29-42(30-27-36)50-47-21-10-8-19-44(47)45-33-40(28-31-48(45)50)37-22-24-38(25-23-37)43-18-7-9-20-46(43)49-41-17-11-16-39(32-41)35-14-5-2-6-15-35/h1-3,5,7-8,10-11,17-19,21-22,24,26,28,31-32,34-35,37-40,42-44,46-47,49H,4,6,9,12-16,20,23,25,27,29-30,33H2. The molecule has 0 saturated heterocycles. The SMILES string of the molecule is C1=CC2C3=C(C=CC(C4C=CC(C5C=CCCC5NC5=CC(C6CC=CCC6)CC=C5)CC4)C3)N(C3CC=C(C4CC=CCC4)CC3)C2C=C1. The molecule has 0 aromatic carbocycles. The van der Waals surface area contributed by atoms with Gasteiger partial charge in [-0.1, -0.05) is 103 Å². The Hall–Kier alpha value is -3.26. The number of fused-ring (bicyclic) bond motifs is 2. The Kier molecular flexibility index (Phi) is 9.64. The highest BCUT2D eigenvalue weighted by Gasteiger charge is 2.44. The van der Waals surface area contributed by atoms with E-state index in [9.17, 15) is 0 Å². The van der Waals surface area contributed by atoms with Gasteiger partial charge in [0.1, 0.15) is 0 Å². The van der Waals surface area contributed by atoms with Crippen molar-refractivity contribution in [1.29, 1.82) is 0 Å². The Morgan fingerprint density at radius 2 is 1.48 bits per heavy atom. The first-order valence-corrected chi connectivity index (χ1v) is 20.8. The average molecular weight is 665 g/mol. The summed E-state index contributed by atoms with van der Waals surface area (Å²) < 4.78 is 0. The maximum Gasteiger partial charge on any atom is 0.0580 e. The number of allylic oxidation sites excluding steroid dienone is 15. The fourth-order valence-electron chi connectivity index (χ4n) is 11.5. The van der Waals surface area contributed by atoms with Gasteiger partial charge in [-0.05, 0) is 150 Å². The third-order valence-corrected chi connectivity index (χ3v) is 14.3. The molecule has 50 heavy (non-hydrogen) atoms. The highest BCUT2D eigenvalue weighted by atomic mass is 15.2. The molecular weight excluding hydrogens is 605 g/mol. The maximum atomic E-state index is 4.08. The molecule has 0 amide bonds. The third-order valence-electron chi connectivity index (χ3n) is 14.3. The zero-order chi connectivity index (χ0) is 33.3. The molecule has 0 spiro atoms. The lowest BCUT2D eigenvalue weighted by Crippen LogP contribution is -2.41. The van der Waals surface area contributed by atoms with E-state index in [1.165, 1.54) is 102 Å². The molecule has 0 bridgehead atoms. The van der Waals surface area contributed by atoms with Gasteiger partial charge in [-0.2, -0.15) is 0 Å². The van der Waals surface area contributed by atoms with Crippen LogP contribution in [0.4, 0.5) is 0 Å². The number of rotatable bonds is 7. The summed E-state index contributed by atoms with van der Waals surface area (Å²) in [7, 11) is 0. The van der Waals surface area contributed by atoms with Crippen LogP contribution in [0, 0.1) is 47.3 Å². The normalized spacial score (nSPS) is 40.5. The largest absolute Gasteiger partial charge is 0.382 e. The molecule has 9 aliphatic rings. The fraction of sp³-hybridized carbons (Fsp3) is 0.542. The Labute approximate surface area is 303 Å². The van der Waals surface area contributed by atoms with E-state index < -0.39 is 0 Å². The van der Waals surface area contributed by atoms with Crippen molar-refractivity contribution in [2.45, 2.75) is 114 Å². The van der Waals surface area contributed by atoms with Gasteiger partial charge in [0.05, 0.1) is 6.04 Å². The number of hydrogen-bond donors (Lipinski definition) is 1. The van der Waals surface area contributed by atoms with Gasteiger partial charge >= 0.3 is 0 Å². The van der Waals surface area contributed by atoms with E-state index >= 15 is 0 Å². The van der Waals surface area contributed by atoms with Crippen LogP contribution < -0.4 is 5.32 Å². The Balaban J connectivity index is 0.853. The molecule has 0 saturated carbocycles. The molecule has 0 radical (unpaired) electrons. The second-order valence-corrected chi connectivity index (χ2v) is 17.1. The molecule has 0 aromatic rings. The molecule has 1 aliphatic heterocycles. The van der Waals surface area contributed by atoms with Gasteiger partial charge < -0.3 is 10.2 Å². The summed E-state index contributed by atoms with van der Waals surface area (Å²) in [6.07, 6.45) is 63.9. The maximum absolute atomic E-state index is 4.08. The molecule has 11 atom stereocenters. The lowest BCUT2D eigenvalue weighted by atomic mass is 9.70. The van der Waals surface area contributed by atoms with E-state index in [-0.39, 0.29) is 0 Å². The molecule has 0 aromatic heterocycles. The molecule has 0 fully saturated rings. The Morgan fingerprint density at radius 1 is 0.620 bits per heavy atom. The van der Waals surface area contributed by atoms with E-state index in [1.807, 2.05) is 0 Å². The van der Waals surface area contributed by atoms with E-state index in [0.29, 0.717) is 53.6 Å². The molecule has 2 heteroatoms. The van der Waals surface area contributed by atoms with Crippen molar-refractivity contribution in [3.63, 3.8) is 0 Å². The second kappa shape index (κ2) is 14.8. The van der Waals surface area contributed by atoms with E-state index in [4.69, 9.17) is 0 Å². The van der Waals surface area contributed by atoms with Crippen LogP contribution >= 0.6 is 0 Å². The molecule has 2 nitrogen and oxygen atoms in total. The molecule has 9 rings (SSSR count). The van der Waals surface area contributed by atoms with Gasteiger partial charge in [-0.3, -0.25) is 0 Å². The van der Waals surface area contributed by atoms with Gasteiger partial charge in [-0.25, -0.2) is 0 Å². The monoisotopic (exact) mass is 664 g/mol. The van der Waals surface area contributed by atoms with Crippen LogP contribution in [-0.2, 0) is 0 Å². The van der Waals surface area contributed by atoms with Crippen molar-refractivity contribution >= 4 is 0 Å². The van der Waals surface area contributed by atoms with Gasteiger partial charge in [-0.15, -0.1) is 0 Å². The smallest absolute Gasteiger partial charge is 0.0580 e. The highest BCUT2D eigenvalue weighted by Crippen LogP contribution is 2.49. The first kappa shape index (κ1) is 32.6. The summed E-state index contributed by atoms with van der Waals surface area (Å²) in [4.78, 5) is 2.86. The number of nitrogens with one attached hydrogen (secondary N) is 1. The minimum Gasteiger partial charge on any atom is -0.382 e. The lowest BCUT2D eigenvalue weighted by molar-refractivity contribution is 0.205. The van der Waals surface area contributed by atoms with Crippen molar-refractivity contribution in [1.82, 2.24) is 10.2 Å². The highest BCUT2D eigenvalue weighted by molar-refractivity contribution is 5.45. The summed E-state index contributed by atoms with van der Waals surface area (Å²) in [5.74, 6) is 5.37. The quantitative estimate of drug-likeness (QED) is 0.273. The van der Waals surface area contributed by atoms with Gasteiger partial charge in [0, 0.05) is 35.3 Å². The van der Waals surface area contributed by atoms with Crippen molar-refractivity contribution in [3.8, 4) is 0 Å². The van der Waals surface area contributed by atoms with Crippen LogP contribution in [0.25, 0.3) is 0 Å². The Morgan fingerprint density at radius 3 is 2.30 bits per heavy atom. The molecule has 11 unspecified atom stereocenters. The lowest BCUT2D eigenvalue weighted by Gasteiger charge is -2.40. The van der Waals surface area contributed by atoms with Crippen LogP contribution in [-0.4, -0.2) is 23.0 Å². The summed E-state index contributed by atoms with van der Waals surface area (Å²) >= 11 is 0. The van der Waals surface area contributed by atoms with E-state index in [0.717, 1.165) is 11.8 Å². The minimum atomic E-state index is 0.503. The summed E-state index contributed by atoms with van der Waals surface area (Å²) in [5, 5.41) is 4.08. The predicted molar refractivity (Wildman–Crippen MR) is 210 cm³/mol. The topological polar surface area (TPSA) is 15.3 Å². The Bertz CT molecular complexity index is 1600. The molecular formula is C48H60N2. The first-order chi connectivity index (χ1) is 24.8. The van der Waals surface area contributed by atoms with Crippen LogP contribution in [0.15, 0.2) is 132 Å². The van der Waals surface area contributed by atoms with Gasteiger partial charge in [0.25, 0.3) is 0 Å². The number of nitrogens with zero attached hydrogens (tertiary/aromatic N) is 1. The van der Waals surface area contributed by atoms with Crippen LogP contribution in [0.1, 0.15) is 96.3 Å². The summed E-state index contributed by atoms with van der Waals surface area (Å²) in [5.41, 5.74) is 6.44. The van der Waals surface area contributed by atoms with E-state index in [1.54, 1.807) is 16.8 Å². The zero-order valence-corrected chi connectivity index (χ0v) is 30.3.